The second-order valence-electron chi connectivity index (χ2n) is 19.5. The number of aryl methyl sites for hydroxylation is 2. The van der Waals surface area contributed by atoms with Crippen LogP contribution in [0.25, 0.3) is 33.1 Å². The van der Waals surface area contributed by atoms with Crippen molar-refractivity contribution < 1.29 is 57.0 Å². The van der Waals surface area contributed by atoms with E-state index in [4.69, 9.17) is 33.7 Å². The summed E-state index contributed by atoms with van der Waals surface area (Å²) < 4.78 is 37.4. The number of hydrogen-bond donors (Lipinski definition) is 0. The molecule has 3 aliphatic heterocycles. The van der Waals surface area contributed by atoms with Gasteiger partial charge < -0.3 is 57.8 Å². The van der Waals surface area contributed by atoms with Crippen LogP contribution in [-0.4, -0.2) is 177 Å². The van der Waals surface area contributed by atoms with Crippen molar-refractivity contribution in [3.8, 4) is 40.3 Å². The lowest BCUT2D eigenvalue weighted by Crippen LogP contribution is -2.49. The van der Waals surface area contributed by atoms with Gasteiger partial charge >= 0.3 is 24.3 Å². The smallest absolute Gasteiger partial charge is 0.415 e. The van der Waals surface area contributed by atoms with Crippen LogP contribution in [0, 0.1) is 11.3 Å². The van der Waals surface area contributed by atoms with Crippen LogP contribution in [0.5, 0.6) is 23.0 Å². The van der Waals surface area contributed by atoms with Crippen molar-refractivity contribution in [3.63, 3.8) is 0 Å². The molecule has 6 heterocycles. The molecule has 8 rings (SSSR count). The van der Waals surface area contributed by atoms with E-state index in [0.29, 0.717) is 54.3 Å². The molecular formula is C54H68N11O11+. The van der Waals surface area contributed by atoms with Gasteiger partial charge in [0.25, 0.3) is 0 Å². The molecule has 0 radical (unpaired) electrons. The standard InChI is InChI=1S/C54H68N11O11/c1-58(51(67)65-23-19-40-49(56-35-57-50(40)65)62(5)39-14-13-21-64(33-39)47(66)17-20-55)24-25-59(2)52(68)72-28-11-9-7-8-10-12-29-73-53(69)60(3)26-27-61(4)54(70)76-48-42-34-63-22-18-38-31-45-46(75-36-74-45)32-41(38)43(63)30-37(42)15-16-44(48)71-6/h15-16,19,23,30-32,34-35,39H,7-14,17-18,21-22,24-29,33,36H2,1-6H3/q+1/t39-/m1/s1. The number of hydrogen-bond acceptors (Lipinski definition) is 15. The van der Waals surface area contributed by atoms with Crippen LogP contribution in [0.4, 0.5) is 25.0 Å². The number of likely N-dealkylation sites (tertiary alicyclic amines) is 1. The molecule has 0 N–H and O–H groups in total. The van der Waals surface area contributed by atoms with Crippen LogP contribution in [0.15, 0.2) is 55.1 Å². The molecule has 22 heteroatoms. The summed E-state index contributed by atoms with van der Waals surface area (Å²) in [5.74, 6) is 2.69. The molecule has 0 spiro atoms. The van der Waals surface area contributed by atoms with Gasteiger partial charge in [-0.25, -0.2) is 29.1 Å². The van der Waals surface area contributed by atoms with Gasteiger partial charge in [0.2, 0.25) is 18.4 Å². The number of nitrogens with zero attached hydrogens (tertiary/aromatic N) is 11. The molecule has 0 saturated carbocycles. The third-order valence-corrected chi connectivity index (χ3v) is 14.3. The van der Waals surface area contributed by atoms with E-state index in [2.05, 4.69) is 20.6 Å². The Bertz CT molecular complexity index is 2980. The first-order valence-electron chi connectivity index (χ1n) is 25.9. The number of nitriles is 1. The highest BCUT2D eigenvalue weighted by Gasteiger charge is 2.31. The Labute approximate surface area is 442 Å². The van der Waals surface area contributed by atoms with Gasteiger partial charge in [0.1, 0.15) is 18.6 Å². The van der Waals surface area contributed by atoms with Crippen molar-refractivity contribution in [1.29, 1.82) is 5.26 Å². The molecule has 22 nitrogen and oxygen atoms in total. The monoisotopic (exact) mass is 1050 g/mol. The Morgan fingerprint density at radius 2 is 1.46 bits per heavy atom. The lowest BCUT2D eigenvalue weighted by Gasteiger charge is -2.38. The maximum atomic E-state index is 13.5. The normalized spacial score (nSPS) is 14.3. The van der Waals surface area contributed by atoms with E-state index >= 15 is 0 Å². The summed E-state index contributed by atoms with van der Waals surface area (Å²) >= 11 is 0. The maximum absolute atomic E-state index is 13.5. The number of rotatable bonds is 20. The van der Waals surface area contributed by atoms with E-state index in [0.717, 1.165) is 85.0 Å². The van der Waals surface area contributed by atoms with Gasteiger partial charge in [-0.15, -0.1) is 0 Å². The Morgan fingerprint density at radius 1 is 0.803 bits per heavy atom. The number of ether oxygens (including phenoxy) is 6. The molecule has 1 saturated heterocycles. The third kappa shape index (κ3) is 12.5. The Balaban J connectivity index is 0.679. The van der Waals surface area contributed by atoms with Crippen LogP contribution < -0.4 is 28.4 Å². The summed E-state index contributed by atoms with van der Waals surface area (Å²) in [6, 6.07) is 13.3. The highest BCUT2D eigenvalue weighted by molar-refractivity contribution is 5.95. The highest BCUT2D eigenvalue weighted by Crippen LogP contribution is 2.42. The molecule has 5 aromatic rings. The first-order valence-corrected chi connectivity index (χ1v) is 25.9. The number of piperidine rings is 1. The number of anilines is 1. The van der Waals surface area contributed by atoms with Crippen molar-refractivity contribution >= 4 is 57.8 Å². The third-order valence-electron chi connectivity index (χ3n) is 14.3. The van der Waals surface area contributed by atoms with Crippen molar-refractivity contribution in [2.75, 3.05) is 107 Å². The predicted molar refractivity (Wildman–Crippen MR) is 279 cm³/mol. The Kier molecular flexibility index (Phi) is 17.8. The van der Waals surface area contributed by atoms with E-state index in [1.807, 2.05) is 42.4 Å². The van der Waals surface area contributed by atoms with Crippen molar-refractivity contribution in [3.05, 3.63) is 60.7 Å². The van der Waals surface area contributed by atoms with Gasteiger partial charge in [-0.1, -0.05) is 25.7 Å². The van der Waals surface area contributed by atoms with E-state index in [-0.39, 0.29) is 70.6 Å². The quantitative estimate of drug-likeness (QED) is 0.0586. The van der Waals surface area contributed by atoms with E-state index < -0.39 is 18.3 Å². The number of carbonyl (C=O) groups excluding carboxylic acids is 5. The second kappa shape index (κ2) is 25.0. The number of likely N-dealkylation sites (N-methyl/N-ethyl adjacent to an activating group) is 5. The van der Waals surface area contributed by atoms with Gasteiger partial charge in [-0.2, -0.15) is 9.83 Å². The molecule has 404 valence electrons. The average molecular weight is 1050 g/mol. The fraction of sp³-hybridized carbons (Fsp3) is 0.500. The molecule has 2 aromatic carbocycles. The molecule has 1 fully saturated rings. The topological polar surface area (TPSA) is 219 Å². The molecule has 0 aliphatic carbocycles. The molecule has 1 atom stereocenters. The van der Waals surface area contributed by atoms with Gasteiger partial charge in [-0.3, -0.25) is 9.36 Å². The van der Waals surface area contributed by atoms with E-state index in [1.165, 1.54) is 43.2 Å². The molecule has 0 bridgehead atoms. The van der Waals surface area contributed by atoms with Crippen LogP contribution in [-0.2, 0) is 27.2 Å². The molecular weight excluding hydrogens is 979 g/mol. The average Bonchev–Trinajstić information content (AvgIpc) is 4.10. The summed E-state index contributed by atoms with van der Waals surface area (Å²) in [5, 5.41) is 11.3. The fourth-order valence-electron chi connectivity index (χ4n) is 9.66. The lowest BCUT2D eigenvalue weighted by atomic mass is 9.95. The zero-order valence-corrected chi connectivity index (χ0v) is 44.3. The van der Waals surface area contributed by atoms with E-state index in [1.54, 1.807) is 51.4 Å². The largest absolute Gasteiger partial charge is 0.493 e. The molecule has 0 unspecified atom stereocenters. The summed E-state index contributed by atoms with van der Waals surface area (Å²) in [6.45, 7) is 3.55. The van der Waals surface area contributed by atoms with Crippen molar-refractivity contribution in [2.24, 2.45) is 0 Å². The van der Waals surface area contributed by atoms with Crippen LogP contribution in [0.3, 0.4) is 0 Å². The summed E-state index contributed by atoms with van der Waals surface area (Å²) in [5.41, 5.74) is 3.72. The SMILES string of the molecule is COc1ccc2cc3[n+](cc2c1OC(=O)N(C)CCN(C)C(=O)OCCCCCCCCOC(=O)N(C)CCN(C)C(=O)n1ccc2c(N(C)[C@@H]4CCCN(C(=O)CC#N)C4)ncnc21)CCc1cc2c(cc1-3)OCO2. The first-order chi connectivity index (χ1) is 36.8. The minimum Gasteiger partial charge on any atom is -0.493 e. The molecule has 76 heavy (non-hydrogen) atoms. The highest BCUT2D eigenvalue weighted by atomic mass is 16.7. The number of benzene rings is 2. The van der Waals surface area contributed by atoms with Crippen LogP contribution in [0.2, 0.25) is 0 Å². The number of aromatic nitrogens is 4. The van der Waals surface area contributed by atoms with Crippen LogP contribution >= 0.6 is 0 Å². The Hall–Kier alpha value is -8.09. The summed E-state index contributed by atoms with van der Waals surface area (Å²) in [7, 11) is 9.98. The van der Waals surface area contributed by atoms with Crippen molar-refractivity contribution in [2.45, 2.75) is 76.8 Å². The minimum absolute atomic E-state index is 0.0108. The van der Waals surface area contributed by atoms with Crippen LogP contribution in [0.1, 0.15) is 63.4 Å². The molecule has 3 aromatic heterocycles. The summed E-state index contributed by atoms with van der Waals surface area (Å²) in [6.07, 6.45) is 10.9. The molecule has 3 aliphatic rings. The lowest BCUT2D eigenvalue weighted by molar-refractivity contribution is -0.686. The maximum Gasteiger partial charge on any atom is 0.415 e. The minimum atomic E-state index is -0.591. The number of carbonyl (C=O) groups is 5. The predicted octanol–water partition coefficient (Wildman–Crippen LogP) is 6.68. The second-order valence-corrected chi connectivity index (χ2v) is 19.5. The number of pyridine rings is 1. The summed E-state index contributed by atoms with van der Waals surface area (Å²) in [4.78, 5) is 83.3. The van der Waals surface area contributed by atoms with Gasteiger partial charge in [0.05, 0.1) is 42.7 Å². The van der Waals surface area contributed by atoms with Gasteiger partial charge in [0.15, 0.2) is 41.4 Å². The van der Waals surface area contributed by atoms with Gasteiger partial charge in [-0.05, 0) is 67.0 Å². The zero-order chi connectivity index (χ0) is 53.9. The number of methoxy groups -OCH3 is 1. The zero-order valence-electron chi connectivity index (χ0n) is 44.3. The van der Waals surface area contributed by atoms with Gasteiger partial charge in [0, 0.05) is 99.2 Å². The number of unbranched alkanes of at least 4 members (excludes halogenated alkanes) is 5. The first kappa shape index (κ1) is 54.2. The van der Waals surface area contributed by atoms with E-state index in [9.17, 15) is 24.0 Å². The number of fused-ring (bicyclic) bond motifs is 6. The fourth-order valence-corrected chi connectivity index (χ4v) is 9.66. The molecule has 5 amide bonds. The van der Waals surface area contributed by atoms with Crippen molar-refractivity contribution in [1.82, 2.24) is 39.0 Å². The number of amides is 5. The Morgan fingerprint density at radius 3 is 2.14 bits per heavy atom.